The Hall–Kier alpha value is -3.79. The number of hydrogen-bond donors (Lipinski definition) is 4. The van der Waals surface area contributed by atoms with Gasteiger partial charge in [-0.3, -0.25) is 24.6 Å². The number of aliphatic hydroxyl groups is 1. The highest BCUT2D eigenvalue weighted by Crippen LogP contribution is 2.41. The number of carboxylic acid groups (broad SMARTS) is 1. The minimum Gasteiger partial charge on any atom is -0.480 e. The molecule has 5 rings (SSSR count). The number of nitrogens with one attached hydrogen (secondary N) is 2. The number of carbonyl (C=O) groups is 3. The van der Waals surface area contributed by atoms with E-state index in [1.54, 1.807) is 27.9 Å². The molecule has 2 aromatic rings. The number of rotatable bonds is 13. The largest absolute Gasteiger partial charge is 0.480 e. The van der Waals surface area contributed by atoms with Gasteiger partial charge in [0.05, 0.1) is 39.3 Å². The maximum atomic E-state index is 13.8. The number of allylic oxidation sites excluding steroid dienone is 1. The zero-order valence-corrected chi connectivity index (χ0v) is 33.0. The monoisotopic (exact) mass is 753 g/mol. The van der Waals surface area contributed by atoms with Gasteiger partial charge in [-0.15, -0.1) is 11.8 Å². The van der Waals surface area contributed by atoms with Gasteiger partial charge in [0.1, 0.15) is 23.7 Å². The van der Waals surface area contributed by atoms with E-state index >= 15 is 0 Å². The molecule has 0 aromatic carbocycles. The number of alkyl carbamates (subject to hydrolysis) is 1. The fraction of sp³-hybridized carbons (Fsp3) is 0.632. The lowest BCUT2D eigenvalue weighted by atomic mass is 9.84. The van der Waals surface area contributed by atoms with Crippen molar-refractivity contribution in [1.82, 2.24) is 25.3 Å². The first-order valence-electron chi connectivity index (χ1n) is 18.5. The van der Waals surface area contributed by atoms with Gasteiger partial charge in [0.2, 0.25) is 0 Å². The van der Waals surface area contributed by atoms with Crippen molar-refractivity contribution in [2.24, 2.45) is 15.4 Å². The summed E-state index contributed by atoms with van der Waals surface area (Å²) >= 11 is 1.51. The molecule has 0 radical (unpaired) electrons. The second-order valence-corrected chi connectivity index (χ2v) is 16.8. The van der Waals surface area contributed by atoms with E-state index in [9.17, 15) is 24.6 Å². The van der Waals surface area contributed by atoms with Gasteiger partial charge in [0, 0.05) is 56.3 Å². The SMILES string of the molecule is CCn1c(C2=C([C@H](C)OC)N=CCC2)c(CC(C)(C)CO)c2nc(C3CSC(C[C@H](NC(=O)OC(C)(C)C)C(=O)N4CCC[C@@H](C(=O)O)N4)=N3)ccc21. The zero-order chi connectivity index (χ0) is 38.7. The lowest BCUT2D eigenvalue weighted by molar-refractivity contribution is -0.147. The number of hydrogen-bond acceptors (Lipinski definition) is 11. The van der Waals surface area contributed by atoms with Crippen LogP contribution in [0, 0.1) is 5.41 Å². The molecule has 290 valence electrons. The number of pyridine rings is 1. The second-order valence-electron chi connectivity index (χ2n) is 15.7. The number of aromatic nitrogens is 2. The van der Waals surface area contributed by atoms with Gasteiger partial charge >= 0.3 is 12.1 Å². The van der Waals surface area contributed by atoms with Crippen molar-refractivity contribution in [3.63, 3.8) is 0 Å². The van der Waals surface area contributed by atoms with E-state index in [2.05, 4.69) is 42.1 Å². The minimum absolute atomic E-state index is 0.0114. The van der Waals surface area contributed by atoms with Crippen LogP contribution in [0.25, 0.3) is 16.6 Å². The Morgan fingerprint density at radius 3 is 2.60 bits per heavy atom. The molecule has 14 nitrogen and oxygen atoms in total. The summed E-state index contributed by atoms with van der Waals surface area (Å²) in [6, 6.07) is 1.88. The lowest BCUT2D eigenvalue weighted by Crippen LogP contribution is -2.60. The summed E-state index contributed by atoms with van der Waals surface area (Å²) in [4.78, 5) is 53.5. The first kappa shape index (κ1) is 40.4. The maximum Gasteiger partial charge on any atom is 0.408 e. The van der Waals surface area contributed by atoms with Crippen LogP contribution in [0.5, 0.6) is 0 Å². The number of hydrazine groups is 1. The maximum absolute atomic E-state index is 13.8. The summed E-state index contributed by atoms with van der Waals surface area (Å²) in [6.07, 6.45) is 4.26. The number of ether oxygens (including phenoxy) is 2. The fourth-order valence-electron chi connectivity index (χ4n) is 6.97. The molecule has 3 aliphatic rings. The Labute approximate surface area is 315 Å². The van der Waals surface area contributed by atoms with Gasteiger partial charge in [-0.05, 0) is 84.3 Å². The minimum atomic E-state index is -1.04. The number of aliphatic hydroxyl groups excluding tert-OH is 1. The Bertz CT molecular complexity index is 1790. The molecule has 0 saturated carbocycles. The number of amides is 2. The molecule has 0 aliphatic carbocycles. The van der Waals surface area contributed by atoms with Crippen LogP contribution in [0.15, 0.2) is 27.8 Å². The highest BCUT2D eigenvalue weighted by Gasteiger charge is 2.36. The van der Waals surface area contributed by atoms with E-state index in [0.717, 1.165) is 58.6 Å². The number of nitrogens with zero attached hydrogens (tertiary/aromatic N) is 5. The van der Waals surface area contributed by atoms with Gasteiger partial charge in [-0.1, -0.05) is 13.8 Å². The normalized spacial score (nSPS) is 20.8. The third-order valence-corrected chi connectivity index (χ3v) is 10.8. The van der Waals surface area contributed by atoms with Crippen molar-refractivity contribution in [1.29, 1.82) is 0 Å². The predicted molar refractivity (Wildman–Crippen MR) is 207 cm³/mol. The van der Waals surface area contributed by atoms with Crippen LogP contribution in [-0.4, -0.2) is 104 Å². The number of fused-ring (bicyclic) bond motifs is 1. The average molecular weight is 754 g/mol. The third kappa shape index (κ3) is 9.48. The Morgan fingerprint density at radius 1 is 1.19 bits per heavy atom. The van der Waals surface area contributed by atoms with Crippen molar-refractivity contribution < 1.29 is 34.1 Å². The molecule has 0 bridgehead atoms. The van der Waals surface area contributed by atoms with Crippen LogP contribution in [0.3, 0.4) is 0 Å². The molecular weight excluding hydrogens is 699 g/mol. The van der Waals surface area contributed by atoms with E-state index in [0.29, 0.717) is 36.6 Å². The molecule has 15 heteroatoms. The van der Waals surface area contributed by atoms with Gasteiger partial charge in [0.25, 0.3) is 5.91 Å². The van der Waals surface area contributed by atoms with Crippen molar-refractivity contribution in [3.8, 4) is 0 Å². The molecular formula is C38H55N7O7S. The summed E-state index contributed by atoms with van der Waals surface area (Å²) in [7, 11) is 1.69. The van der Waals surface area contributed by atoms with Crippen LogP contribution >= 0.6 is 11.8 Å². The molecule has 1 saturated heterocycles. The first-order chi connectivity index (χ1) is 25.1. The molecule has 1 fully saturated rings. The number of aliphatic imine (C=N–C) groups is 2. The summed E-state index contributed by atoms with van der Waals surface area (Å²) < 4.78 is 13.5. The number of aryl methyl sites for hydroxylation is 1. The Morgan fingerprint density at radius 2 is 1.94 bits per heavy atom. The number of aliphatic carboxylic acids is 1. The predicted octanol–water partition coefficient (Wildman–Crippen LogP) is 5.28. The summed E-state index contributed by atoms with van der Waals surface area (Å²) in [5.74, 6) is -0.903. The van der Waals surface area contributed by atoms with Crippen LogP contribution in [0.1, 0.15) is 104 Å². The molecule has 53 heavy (non-hydrogen) atoms. The smallest absolute Gasteiger partial charge is 0.408 e. The third-order valence-electron chi connectivity index (χ3n) is 9.68. The summed E-state index contributed by atoms with van der Waals surface area (Å²) in [5, 5.41) is 24.6. The highest BCUT2D eigenvalue weighted by atomic mass is 32.2. The number of carboxylic acids is 1. The molecule has 4 atom stereocenters. The van der Waals surface area contributed by atoms with E-state index in [-0.39, 0.29) is 25.2 Å². The highest BCUT2D eigenvalue weighted by molar-refractivity contribution is 8.14. The van der Waals surface area contributed by atoms with Gasteiger partial charge in [-0.25, -0.2) is 15.2 Å². The molecule has 2 aromatic heterocycles. The Kier molecular flexibility index (Phi) is 12.7. The van der Waals surface area contributed by atoms with Crippen LogP contribution in [-0.2, 0) is 32.0 Å². The zero-order valence-electron chi connectivity index (χ0n) is 32.2. The second kappa shape index (κ2) is 16.7. The van der Waals surface area contributed by atoms with Gasteiger partial charge in [0.15, 0.2) is 0 Å². The van der Waals surface area contributed by atoms with Crippen molar-refractivity contribution in [2.45, 2.75) is 123 Å². The van der Waals surface area contributed by atoms with Crippen LogP contribution < -0.4 is 10.7 Å². The fourth-order valence-corrected chi connectivity index (χ4v) is 8.05. The van der Waals surface area contributed by atoms with Crippen molar-refractivity contribution in [3.05, 3.63) is 34.8 Å². The number of thioether (sulfide) groups is 1. The van der Waals surface area contributed by atoms with E-state index in [1.165, 1.54) is 16.8 Å². The van der Waals surface area contributed by atoms with Crippen LogP contribution in [0.2, 0.25) is 0 Å². The van der Waals surface area contributed by atoms with Crippen LogP contribution in [0.4, 0.5) is 4.79 Å². The molecule has 5 heterocycles. The molecule has 4 N–H and O–H groups in total. The van der Waals surface area contributed by atoms with Crippen molar-refractivity contribution >= 4 is 57.6 Å². The molecule has 2 amide bonds. The van der Waals surface area contributed by atoms with E-state index in [1.807, 2.05) is 19.2 Å². The quantitative estimate of drug-likeness (QED) is 0.210. The molecule has 0 spiro atoms. The van der Waals surface area contributed by atoms with Crippen molar-refractivity contribution in [2.75, 3.05) is 26.0 Å². The van der Waals surface area contributed by atoms with Gasteiger partial charge in [-0.2, -0.15) is 0 Å². The average Bonchev–Trinajstić information content (AvgIpc) is 3.71. The number of carbonyl (C=O) groups excluding carboxylic acids is 2. The standard InChI is InChI=1S/C38H55N7O7S/c1-9-44-29-15-14-25(41-32(29)24(19-38(6,7)21-46)33(44)23-12-10-16-39-31(23)22(2)51-8)28-20-53-30(40-28)18-27(42-36(50)52-37(3,4)5)34(47)45-17-11-13-26(43-45)35(48)49/h14-16,22,26-28,43,46H,9-13,17-21H2,1-8H3,(H,42,50)(H,48,49)/t22-,26-,27-,28?/m0/s1. The summed E-state index contributed by atoms with van der Waals surface area (Å²) in [5.41, 5.74) is 8.45. The van der Waals surface area contributed by atoms with Gasteiger partial charge < -0.3 is 29.6 Å². The van der Waals surface area contributed by atoms with E-state index in [4.69, 9.17) is 24.4 Å². The Balaban J connectivity index is 1.50. The first-order valence-corrected chi connectivity index (χ1v) is 19.4. The van der Waals surface area contributed by atoms with E-state index < -0.39 is 41.1 Å². The molecule has 3 aliphatic heterocycles. The lowest BCUT2D eigenvalue weighted by Gasteiger charge is -2.34. The topological polar surface area (TPSA) is 180 Å². The number of methoxy groups -OCH3 is 1. The molecule has 1 unspecified atom stereocenters. The summed E-state index contributed by atoms with van der Waals surface area (Å²) in [6.45, 7) is 14.5.